The van der Waals surface area contributed by atoms with E-state index in [0.29, 0.717) is 0 Å². The molecule has 0 radical (unpaired) electrons. The van der Waals surface area contributed by atoms with E-state index in [9.17, 15) is 4.79 Å². The standard InChI is InChI=1S/C20H21NO2/c1-2-15-7-3-6-10-18(15)21-13-11-20(12-14-21)17-9-5-4-8-16(17)19(22)23-20/h3-10H,2,11-14H2,1H3. The van der Waals surface area contributed by atoms with Crippen molar-refractivity contribution in [2.45, 2.75) is 31.8 Å². The van der Waals surface area contributed by atoms with Crippen molar-refractivity contribution in [3.05, 3.63) is 65.2 Å². The van der Waals surface area contributed by atoms with E-state index in [-0.39, 0.29) is 5.97 Å². The van der Waals surface area contributed by atoms with Crippen LogP contribution in [0.2, 0.25) is 0 Å². The lowest BCUT2D eigenvalue weighted by Crippen LogP contribution is -2.43. The van der Waals surface area contributed by atoms with E-state index in [1.807, 2.05) is 18.2 Å². The summed E-state index contributed by atoms with van der Waals surface area (Å²) in [6, 6.07) is 16.4. The van der Waals surface area contributed by atoms with Crippen LogP contribution in [-0.4, -0.2) is 19.1 Å². The third-order valence-corrected chi connectivity index (χ3v) is 5.21. The molecule has 3 nitrogen and oxygen atoms in total. The van der Waals surface area contributed by atoms with Gasteiger partial charge in [0.25, 0.3) is 0 Å². The molecule has 23 heavy (non-hydrogen) atoms. The molecule has 2 heterocycles. The first-order valence-corrected chi connectivity index (χ1v) is 8.39. The minimum atomic E-state index is -0.411. The molecule has 1 fully saturated rings. The predicted octanol–water partition coefficient (Wildman–Crippen LogP) is 3.92. The molecule has 0 aromatic heterocycles. The number of piperidine rings is 1. The number of esters is 1. The van der Waals surface area contributed by atoms with Crippen LogP contribution in [-0.2, 0) is 16.8 Å². The molecular weight excluding hydrogens is 286 g/mol. The summed E-state index contributed by atoms with van der Waals surface area (Å²) in [5.74, 6) is -0.164. The number of carbonyl (C=O) groups excluding carboxylic acids is 1. The number of nitrogens with zero attached hydrogens (tertiary/aromatic N) is 1. The lowest BCUT2D eigenvalue weighted by molar-refractivity contribution is -0.0210. The average Bonchev–Trinajstić information content (AvgIpc) is 2.88. The quantitative estimate of drug-likeness (QED) is 0.788. The number of benzene rings is 2. The number of hydrogen-bond acceptors (Lipinski definition) is 3. The Hall–Kier alpha value is -2.29. The van der Waals surface area contributed by atoms with Crippen LogP contribution < -0.4 is 4.90 Å². The Balaban J connectivity index is 1.60. The van der Waals surface area contributed by atoms with Gasteiger partial charge in [0.1, 0.15) is 5.60 Å². The van der Waals surface area contributed by atoms with Gasteiger partial charge in [-0.3, -0.25) is 0 Å². The fraction of sp³-hybridized carbons (Fsp3) is 0.350. The van der Waals surface area contributed by atoms with Crippen molar-refractivity contribution < 1.29 is 9.53 Å². The van der Waals surface area contributed by atoms with Crippen LogP contribution in [0.1, 0.15) is 41.3 Å². The van der Waals surface area contributed by atoms with Crippen LogP contribution >= 0.6 is 0 Å². The van der Waals surface area contributed by atoms with Gasteiger partial charge in [0, 0.05) is 37.2 Å². The molecule has 0 unspecified atom stereocenters. The summed E-state index contributed by atoms with van der Waals surface area (Å²) in [5, 5.41) is 0. The summed E-state index contributed by atoms with van der Waals surface area (Å²) < 4.78 is 5.84. The van der Waals surface area contributed by atoms with Crippen molar-refractivity contribution in [2.24, 2.45) is 0 Å². The number of ether oxygens (including phenoxy) is 1. The van der Waals surface area contributed by atoms with Crippen molar-refractivity contribution in [2.75, 3.05) is 18.0 Å². The van der Waals surface area contributed by atoms with Gasteiger partial charge in [-0.15, -0.1) is 0 Å². The van der Waals surface area contributed by atoms with Crippen LogP contribution in [0, 0.1) is 0 Å². The van der Waals surface area contributed by atoms with E-state index >= 15 is 0 Å². The van der Waals surface area contributed by atoms with Gasteiger partial charge in [0.05, 0.1) is 5.56 Å². The minimum absolute atomic E-state index is 0.164. The molecule has 0 atom stereocenters. The van der Waals surface area contributed by atoms with Crippen molar-refractivity contribution in [3.63, 3.8) is 0 Å². The molecule has 1 saturated heterocycles. The zero-order chi connectivity index (χ0) is 15.9. The summed E-state index contributed by atoms with van der Waals surface area (Å²) in [5.41, 5.74) is 4.11. The van der Waals surface area contributed by atoms with E-state index in [1.165, 1.54) is 11.3 Å². The summed E-state index contributed by atoms with van der Waals surface area (Å²) in [6.07, 6.45) is 2.75. The molecule has 0 saturated carbocycles. The highest BCUT2D eigenvalue weighted by Gasteiger charge is 2.47. The highest BCUT2D eigenvalue weighted by molar-refractivity contribution is 5.94. The number of hydrogen-bond donors (Lipinski definition) is 0. The molecule has 2 aliphatic heterocycles. The van der Waals surface area contributed by atoms with Gasteiger partial charge in [-0.1, -0.05) is 43.3 Å². The van der Waals surface area contributed by atoms with Gasteiger partial charge in [-0.2, -0.15) is 0 Å². The van der Waals surface area contributed by atoms with Gasteiger partial charge in [0.2, 0.25) is 0 Å². The van der Waals surface area contributed by atoms with Gasteiger partial charge < -0.3 is 9.64 Å². The van der Waals surface area contributed by atoms with Gasteiger partial charge in [-0.05, 0) is 24.1 Å². The summed E-state index contributed by atoms with van der Waals surface area (Å²) >= 11 is 0. The number of rotatable bonds is 2. The Kier molecular flexibility index (Phi) is 3.37. The summed E-state index contributed by atoms with van der Waals surface area (Å²) in [6.45, 7) is 4.02. The molecular formula is C20H21NO2. The average molecular weight is 307 g/mol. The van der Waals surface area contributed by atoms with E-state index < -0.39 is 5.60 Å². The lowest BCUT2D eigenvalue weighted by Gasteiger charge is -2.40. The lowest BCUT2D eigenvalue weighted by atomic mass is 9.83. The van der Waals surface area contributed by atoms with Gasteiger partial charge in [0.15, 0.2) is 0 Å². The maximum absolute atomic E-state index is 12.2. The molecule has 2 aromatic carbocycles. The minimum Gasteiger partial charge on any atom is -0.450 e. The molecule has 4 rings (SSSR count). The number of para-hydroxylation sites is 1. The molecule has 2 aromatic rings. The fourth-order valence-corrected chi connectivity index (χ4v) is 3.94. The smallest absolute Gasteiger partial charge is 0.339 e. The topological polar surface area (TPSA) is 29.5 Å². The zero-order valence-electron chi connectivity index (χ0n) is 13.4. The Morgan fingerprint density at radius 2 is 1.74 bits per heavy atom. The normalized spacial score (nSPS) is 18.8. The predicted molar refractivity (Wildman–Crippen MR) is 90.8 cm³/mol. The van der Waals surface area contributed by atoms with E-state index in [2.05, 4.69) is 42.2 Å². The van der Waals surface area contributed by atoms with Gasteiger partial charge in [-0.25, -0.2) is 4.79 Å². The largest absolute Gasteiger partial charge is 0.450 e. The maximum atomic E-state index is 12.2. The maximum Gasteiger partial charge on any atom is 0.339 e. The highest BCUT2D eigenvalue weighted by Crippen LogP contribution is 2.44. The van der Waals surface area contributed by atoms with Gasteiger partial charge >= 0.3 is 5.97 Å². The number of aryl methyl sites for hydroxylation is 1. The number of fused-ring (bicyclic) bond motifs is 2. The van der Waals surface area contributed by atoms with Crippen LogP contribution in [0.25, 0.3) is 0 Å². The Morgan fingerprint density at radius 1 is 1.04 bits per heavy atom. The molecule has 0 N–H and O–H groups in total. The molecule has 1 spiro atoms. The van der Waals surface area contributed by atoms with E-state index in [1.54, 1.807) is 0 Å². The second-order valence-electron chi connectivity index (χ2n) is 6.40. The third-order valence-electron chi connectivity index (χ3n) is 5.21. The van der Waals surface area contributed by atoms with Crippen molar-refractivity contribution in [3.8, 4) is 0 Å². The first-order valence-electron chi connectivity index (χ1n) is 8.39. The number of carbonyl (C=O) groups is 1. The first kappa shape index (κ1) is 14.3. The highest BCUT2D eigenvalue weighted by atomic mass is 16.6. The zero-order valence-corrected chi connectivity index (χ0v) is 13.4. The summed E-state index contributed by atoms with van der Waals surface area (Å²) in [4.78, 5) is 14.6. The van der Waals surface area contributed by atoms with Crippen molar-refractivity contribution in [1.82, 2.24) is 0 Å². The second kappa shape index (κ2) is 5.41. The van der Waals surface area contributed by atoms with E-state index in [4.69, 9.17) is 4.74 Å². The van der Waals surface area contributed by atoms with E-state index in [0.717, 1.165) is 43.5 Å². The Morgan fingerprint density at radius 3 is 2.52 bits per heavy atom. The van der Waals surface area contributed by atoms with Crippen LogP contribution in [0.4, 0.5) is 5.69 Å². The Labute approximate surface area is 136 Å². The van der Waals surface area contributed by atoms with Crippen molar-refractivity contribution >= 4 is 11.7 Å². The van der Waals surface area contributed by atoms with Crippen LogP contribution in [0.15, 0.2) is 48.5 Å². The SMILES string of the molecule is CCc1ccccc1N1CCC2(CC1)OC(=O)c1ccccc12. The number of anilines is 1. The van der Waals surface area contributed by atoms with Crippen molar-refractivity contribution in [1.29, 1.82) is 0 Å². The molecule has 0 bridgehead atoms. The third kappa shape index (κ3) is 2.23. The Bertz CT molecular complexity index is 745. The molecule has 2 aliphatic rings. The second-order valence-corrected chi connectivity index (χ2v) is 6.40. The molecule has 0 aliphatic carbocycles. The fourth-order valence-electron chi connectivity index (χ4n) is 3.94. The molecule has 3 heteroatoms. The molecule has 0 amide bonds. The first-order chi connectivity index (χ1) is 11.2. The van der Waals surface area contributed by atoms with Crippen LogP contribution in [0.3, 0.4) is 0 Å². The van der Waals surface area contributed by atoms with Crippen LogP contribution in [0.5, 0.6) is 0 Å². The monoisotopic (exact) mass is 307 g/mol. The molecule has 118 valence electrons. The summed E-state index contributed by atoms with van der Waals surface area (Å²) in [7, 11) is 0.